The molecule has 0 rings (SSSR count). The summed E-state index contributed by atoms with van der Waals surface area (Å²) in [4.78, 5) is 0.799. The molecule has 0 spiro atoms. The molecule has 0 aliphatic heterocycles. The fourth-order valence-electron chi connectivity index (χ4n) is 0.621. The van der Waals surface area contributed by atoms with Gasteiger partial charge in [-0.25, -0.2) is 0 Å². The minimum atomic E-state index is 0.799. The van der Waals surface area contributed by atoms with Gasteiger partial charge in [0.25, 0.3) is 0 Å². The zero-order chi connectivity index (χ0) is 7.98. The first-order chi connectivity index (χ1) is 4.70. The molecule has 0 heterocycles. The summed E-state index contributed by atoms with van der Waals surface area (Å²) < 4.78 is 0. The van der Waals surface area contributed by atoms with E-state index in [1.807, 2.05) is 19.1 Å². The second-order valence-corrected chi connectivity index (χ2v) is 2.62. The standard InChI is InChI=1S/C9H14S/c1-4-9(5-2)7-6-8(3)10/h4,6-7,10H,3,5H2,1-2H3/b7-6-,9-4-. The minimum absolute atomic E-state index is 0.799. The summed E-state index contributed by atoms with van der Waals surface area (Å²) in [5.74, 6) is 0. The van der Waals surface area contributed by atoms with Gasteiger partial charge in [0, 0.05) is 0 Å². The molecule has 0 saturated carbocycles. The van der Waals surface area contributed by atoms with Gasteiger partial charge in [0.2, 0.25) is 0 Å². The van der Waals surface area contributed by atoms with Gasteiger partial charge in [0.1, 0.15) is 0 Å². The summed E-state index contributed by atoms with van der Waals surface area (Å²) in [6, 6.07) is 0. The van der Waals surface area contributed by atoms with Gasteiger partial charge in [0.15, 0.2) is 0 Å². The summed E-state index contributed by atoms with van der Waals surface area (Å²) in [5.41, 5.74) is 1.32. The Labute approximate surface area is 68.7 Å². The fraction of sp³-hybridized carbons (Fsp3) is 0.333. The molecule has 0 nitrogen and oxygen atoms in total. The zero-order valence-electron chi connectivity index (χ0n) is 6.59. The van der Waals surface area contributed by atoms with E-state index in [4.69, 9.17) is 0 Å². The van der Waals surface area contributed by atoms with Crippen LogP contribution >= 0.6 is 12.6 Å². The Morgan fingerprint density at radius 2 is 2.10 bits per heavy atom. The highest BCUT2D eigenvalue weighted by atomic mass is 32.1. The van der Waals surface area contributed by atoms with E-state index < -0.39 is 0 Å². The quantitative estimate of drug-likeness (QED) is 0.468. The van der Waals surface area contributed by atoms with E-state index in [1.165, 1.54) is 5.57 Å². The third-order valence-electron chi connectivity index (χ3n) is 1.27. The number of allylic oxidation sites excluding steroid dienone is 4. The average molecular weight is 154 g/mol. The molecule has 0 N–H and O–H groups in total. The van der Waals surface area contributed by atoms with Crippen LogP contribution in [0.4, 0.5) is 0 Å². The normalized spacial score (nSPS) is 12.5. The molecule has 0 aliphatic rings. The second kappa shape index (κ2) is 5.36. The highest BCUT2D eigenvalue weighted by Crippen LogP contribution is 2.05. The molecule has 0 aliphatic carbocycles. The van der Waals surface area contributed by atoms with Crippen molar-refractivity contribution in [1.29, 1.82) is 0 Å². The van der Waals surface area contributed by atoms with Gasteiger partial charge >= 0.3 is 0 Å². The van der Waals surface area contributed by atoms with Crippen LogP contribution < -0.4 is 0 Å². The van der Waals surface area contributed by atoms with E-state index in [-0.39, 0.29) is 0 Å². The highest BCUT2D eigenvalue weighted by Gasteiger charge is 1.83. The SMILES string of the molecule is C=C(S)/C=C\C(=C/C)CC. The van der Waals surface area contributed by atoms with Crippen LogP contribution in [-0.4, -0.2) is 0 Å². The first kappa shape index (κ1) is 9.57. The Kier molecular flexibility index (Phi) is 5.13. The minimum Gasteiger partial charge on any atom is -0.144 e. The Morgan fingerprint density at radius 3 is 2.40 bits per heavy atom. The number of thiol groups is 1. The van der Waals surface area contributed by atoms with Crippen molar-refractivity contribution in [3.63, 3.8) is 0 Å². The summed E-state index contributed by atoms with van der Waals surface area (Å²) in [6.45, 7) is 7.80. The number of hydrogen-bond donors (Lipinski definition) is 1. The molecular formula is C9H14S. The predicted octanol–water partition coefficient (Wildman–Crippen LogP) is 3.34. The molecule has 0 bridgehead atoms. The van der Waals surface area contributed by atoms with E-state index in [2.05, 4.69) is 32.2 Å². The topological polar surface area (TPSA) is 0 Å². The lowest BCUT2D eigenvalue weighted by Crippen LogP contribution is -1.71. The lowest BCUT2D eigenvalue weighted by atomic mass is 10.2. The van der Waals surface area contributed by atoms with E-state index in [1.54, 1.807) is 0 Å². The van der Waals surface area contributed by atoms with Crippen LogP contribution in [0, 0.1) is 0 Å². The molecule has 0 radical (unpaired) electrons. The lowest BCUT2D eigenvalue weighted by molar-refractivity contribution is 1.14. The van der Waals surface area contributed by atoms with Crippen LogP contribution in [0.2, 0.25) is 0 Å². The maximum Gasteiger partial charge on any atom is -0.00319 e. The Morgan fingerprint density at radius 1 is 1.50 bits per heavy atom. The molecule has 0 aromatic heterocycles. The smallest absolute Gasteiger partial charge is 0.00319 e. The third kappa shape index (κ3) is 4.45. The average Bonchev–Trinajstić information content (AvgIpc) is 1.90. The maximum absolute atomic E-state index is 4.04. The molecule has 10 heavy (non-hydrogen) atoms. The third-order valence-corrected chi connectivity index (χ3v) is 1.42. The monoisotopic (exact) mass is 154 g/mol. The van der Waals surface area contributed by atoms with Gasteiger partial charge < -0.3 is 0 Å². The zero-order valence-corrected chi connectivity index (χ0v) is 7.49. The van der Waals surface area contributed by atoms with Crippen molar-refractivity contribution in [2.75, 3.05) is 0 Å². The van der Waals surface area contributed by atoms with Crippen LogP contribution in [0.15, 0.2) is 35.3 Å². The largest absolute Gasteiger partial charge is 0.144 e. The van der Waals surface area contributed by atoms with Gasteiger partial charge in [-0.15, -0.1) is 12.6 Å². The van der Waals surface area contributed by atoms with E-state index in [0.717, 1.165) is 11.3 Å². The number of rotatable bonds is 3. The molecule has 0 aromatic rings. The van der Waals surface area contributed by atoms with Crippen LogP contribution in [0.1, 0.15) is 20.3 Å². The molecule has 0 saturated heterocycles. The van der Waals surface area contributed by atoms with Crippen molar-refractivity contribution in [3.05, 3.63) is 35.3 Å². The van der Waals surface area contributed by atoms with Gasteiger partial charge in [-0.3, -0.25) is 0 Å². The summed E-state index contributed by atoms with van der Waals surface area (Å²) in [6.07, 6.45) is 7.10. The van der Waals surface area contributed by atoms with Crippen molar-refractivity contribution in [2.45, 2.75) is 20.3 Å². The lowest BCUT2D eigenvalue weighted by Gasteiger charge is -1.92. The van der Waals surface area contributed by atoms with Gasteiger partial charge in [0.05, 0.1) is 0 Å². The van der Waals surface area contributed by atoms with Crippen molar-refractivity contribution in [3.8, 4) is 0 Å². The van der Waals surface area contributed by atoms with Crippen molar-refractivity contribution in [2.24, 2.45) is 0 Å². The highest BCUT2D eigenvalue weighted by molar-refractivity contribution is 7.84. The molecular weight excluding hydrogens is 140 g/mol. The van der Waals surface area contributed by atoms with E-state index >= 15 is 0 Å². The summed E-state index contributed by atoms with van der Waals surface area (Å²) in [5, 5.41) is 0. The molecule has 0 aromatic carbocycles. The molecule has 0 fully saturated rings. The Hall–Kier alpha value is -0.430. The van der Waals surface area contributed by atoms with Crippen molar-refractivity contribution in [1.82, 2.24) is 0 Å². The molecule has 0 amide bonds. The molecule has 56 valence electrons. The molecule has 1 heteroatoms. The molecule has 0 atom stereocenters. The van der Waals surface area contributed by atoms with Crippen LogP contribution in [0.5, 0.6) is 0 Å². The van der Waals surface area contributed by atoms with Crippen molar-refractivity contribution < 1.29 is 0 Å². The van der Waals surface area contributed by atoms with E-state index in [0.29, 0.717) is 0 Å². The Balaban J connectivity index is 3.98. The van der Waals surface area contributed by atoms with E-state index in [9.17, 15) is 0 Å². The summed E-state index contributed by atoms with van der Waals surface area (Å²) in [7, 11) is 0. The number of hydrogen-bond acceptors (Lipinski definition) is 1. The van der Waals surface area contributed by atoms with Crippen LogP contribution in [0.25, 0.3) is 0 Å². The van der Waals surface area contributed by atoms with Gasteiger partial charge in [-0.1, -0.05) is 31.2 Å². The van der Waals surface area contributed by atoms with Crippen LogP contribution in [-0.2, 0) is 0 Å². The second-order valence-electron chi connectivity index (χ2n) is 2.04. The predicted molar refractivity (Wildman–Crippen MR) is 51.3 cm³/mol. The Bertz CT molecular complexity index is 164. The fourth-order valence-corrected chi connectivity index (χ4v) is 0.696. The van der Waals surface area contributed by atoms with Crippen molar-refractivity contribution >= 4 is 12.6 Å². The molecule has 0 unspecified atom stereocenters. The van der Waals surface area contributed by atoms with Gasteiger partial charge in [-0.05, 0) is 24.3 Å². The summed E-state index contributed by atoms with van der Waals surface area (Å²) >= 11 is 4.04. The first-order valence-electron chi connectivity index (χ1n) is 3.41. The first-order valence-corrected chi connectivity index (χ1v) is 3.86. The maximum atomic E-state index is 4.04. The van der Waals surface area contributed by atoms with Gasteiger partial charge in [-0.2, -0.15) is 0 Å². The van der Waals surface area contributed by atoms with Crippen LogP contribution in [0.3, 0.4) is 0 Å².